The van der Waals surface area contributed by atoms with Crippen molar-refractivity contribution < 1.29 is 19.1 Å². The van der Waals surface area contributed by atoms with E-state index in [0.29, 0.717) is 4.47 Å². The topological polar surface area (TPSA) is 52.6 Å². The van der Waals surface area contributed by atoms with E-state index < -0.39 is 11.9 Å². The van der Waals surface area contributed by atoms with Gasteiger partial charge in [-0.15, -0.1) is 0 Å². The van der Waals surface area contributed by atoms with Gasteiger partial charge < -0.3 is 9.47 Å². The minimum atomic E-state index is -0.569. The smallest absolute Gasteiger partial charge is 0.339 e. The van der Waals surface area contributed by atoms with Gasteiger partial charge in [0.25, 0.3) is 0 Å². The Morgan fingerprint density at radius 1 is 1.12 bits per heavy atom. The Labute approximate surface area is 108 Å². The molecule has 0 aliphatic heterocycles. The number of benzene rings is 1. The first-order chi connectivity index (χ1) is 7.93. The Bertz CT molecular complexity index is 480. The van der Waals surface area contributed by atoms with Crippen LogP contribution in [0.1, 0.15) is 31.8 Å². The van der Waals surface area contributed by atoms with E-state index >= 15 is 0 Å². The van der Waals surface area contributed by atoms with Crippen molar-refractivity contribution in [2.45, 2.75) is 13.8 Å². The average molecular weight is 301 g/mol. The lowest BCUT2D eigenvalue weighted by Gasteiger charge is -2.12. The predicted octanol–water partition coefficient (Wildman–Crippen LogP) is 2.64. The molecule has 0 atom stereocenters. The molecule has 0 aromatic heterocycles. The van der Waals surface area contributed by atoms with Crippen molar-refractivity contribution in [1.29, 1.82) is 0 Å². The minimum absolute atomic E-state index is 0.197. The molecule has 1 aromatic carbocycles. The quantitative estimate of drug-likeness (QED) is 0.788. The Hall–Kier alpha value is -1.36. The number of hydrogen-bond acceptors (Lipinski definition) is 4. The van der Waals surface area contributed by atoms with Gasteiger partial charge >= 0.3 is 11.9 Å². The van der Waals surface area contributed by atoms with Crippen molar-refractivity contribution in [2.75, 3.05) is 14.2 Å². The van der Waals surface area contributed by atoms with Crippen molar-refractivity contribution in [3.63, 3.8) is 0 Å². The van der Waals surface area contributed by atoms with Crippen molar-refractivity contribution in [1.82, 2.24) is 0 Å². The van der Waals surface area contributed by atoms with Crippen molar-refractivity contribution in [3.05, 3.63) is 32.8 Å². The van der Waals surface area contributed by atoms with Crippen LogP contribution in [0.25, 0.3) is 0 Å². The number of rotatable bonds is 2. The number of methoxy groups -OCH3 is 2. The van der Waals surface area contributed by atoms with Crippen LogP contribution in [0.4, 0.5) is 0 Å². The van der Waals surface area contributed by atoms with Crippen LogP contribution in [0.3, 0.4) is 0 Å². The third-order valence-electron chi connectivity index (χ3n) is 2.57. The van der Waals surface area contributed by atoms with Crippen LogP contribution in [0, 0.1) is 13.8 Å². The standard InChI is InChI=1S/C12H13BrO4/c1-6-5-8(11(14)16-3)9(12(15)17-4)10(13)7(6)2/h5H,1-4H3. The zero-order valence-corrected chi connectivity index (χ0v) is 11.7. The molecule has 1 aromatic rings. The van der Waals surface area contributed by atoms with Gasteiger partial charge in [-0.05, 0) is 47.0 Å². The second-order valence-corrected chi connectivity index (χ2v) is 4.33. The van der Waals surface area contributed by atoms with Crippen molar-refractivity contribution >= 4 is 27.9 Å². The van der Waals surface area contributed by atoms with Crippen LogP contribution in [0.2, 0.25) is 0 Å². The van der Waals surface area contributed by atoms with Crippen LogP contribution in [0.5, 0.6) is 0 Å². The summed E-state index contributed by atoms with van der Waals surface area (Å²) < 4.78 is 9.88. The van der Waals surface area contributed by atoms with Crippen LogP contribution in [-0.2, 0) is 9.47 Å². The Morgan fingerprint density at radius 3 is 2.12 bits per heavy atom. The fourth-order valence-electron chi connectivity index (χ4n) is 1.45. The number of hydrogen-bond donors (Lipinski definition) is 0. The summed E-state index contributed by atoms with van der Waals surface area (Å²) in [7, 11) is 2.54. The fraction of sp³-hybridized carbons (Fsp3) is 0.333. The summed E-state index contributed by atoms with van der Waals surface area (Å²) in [5.41, 5.74) is 2.18. The molecular weight excluding hydrogens is 288 g/mol. The first-order valence-electron chi connectivity index (χ1n) is 4.90. The summed E-state index contributed by atoms with van der Waals surface area (Å²) >= 11 is 3.31. The van der Waals surface area contributed by atoms with Crippen LogP contribution < -0.4 is 0 Å². The van der Waals surface area contributed by atoms with Crippen LogP contribution in [0.15, 0.2) is 10.5 Å². The minimum Gasteiger partial charge on any atom is -0.465 e. The van der Waals surface area contributed by atoms with Gasteiger partial charge in [0, 0.05) is 4.47 Å². The molecule has 0 saturated carbocycles. The monoisotopic (exact) mass is 300 g/mol. The molecule has 0 spiro atoms. The summed E-state index contributed by atoms with van der Waals surface area (Å²) in [5.74, 6) is -1.13. The van der Waals surface area contributed by atoms with Gasteiger partial charge in [-0.2, -0.15) is 0 Å². The van der Waals surface area contributed by atoms with E-state index in [1.807, 2.05) is 13.8 Å². The Kier molecular flexibility index (Phi) is 4.28. The highest BCUT2D eigenvalue weighted by Gasteiger charge is 2.23. The molecule has 0 aliphatic carbocycles. The van der Waals surface area contributed by atoms with E-state index in [4.69, 9.17) is 0 Å². The van der Waals surface area contributed by atoms with E-state index in [1.165, 1.54) is 14.2 Å². The molecule has 92 valence electrons. The molecule has 0 saturated heterocycles. The third-order valence-corrected chi connectivity index (χ3v) is 3.56. The zero-order chi connectivity index (χ0) is 13.2. The normalized spacial score (nSPS) is 9.94. The van der Waals surface area contributed by atoms with Crippen LogP contribution in [-0.4, -0.2) is 26.2 Å². The highest BCUT2D eigenvalue weighted by atomic mass is 79.9. The van der Waals surface area contributed by atoms with E-state index in [0.717, 1.165) is 11.1 Å². The molecule has 0 bridgehead atoms. The Balaban J connectivity index is 3.57. The molecule has 0 fully saturated rings. The molecule has 0 unspecified atom stereocenters. The Morgan fingerprint density at radius 2 is 1.65 bits per heavy atom. The fourth-order valence-corrected chi connectivity index (χ4v) is 2.14. The van der Waals surface area contributed by atoms with E-state index in [9.17, 15) is 9.59 Å². The average Bonchev–Trinajstić information content (AvgIpc) is 2.33. The first-order valence-corrected chi connectivity index (χ1v) is 5.69. The van der Waals surface area contributed by atoms with Crippen LogP contribution >= 0.6 is 15.9 Å². The molecule has 0 aliphatic rings. The molecule has 0 amide bonds. The second kappa shape index (κ2) is 5.31. The number of ether oxygens (including phenoxy) is 2. The van der Waals surface area contributed by atoms with Gasteiger partial charge in [0.15, 0.2) is 0 Å². The lowest BCUT2D eigenvalue weighted by molar-refractivity contribution is 0.0554. The number of halogens is 1. The molecule has 4 nitrogen and oxygen atoms in total. The summed E-state index contributed by atoms with van der Waals surface area (Å²) in [4.78, 5) is 23.3. The van der Waals surface area contributed by atoms with Crippen molar-refractivity contribution in [3.8, 4) is 0 Å². The van der Waals surface area contributed by atoms with Gasteiger partial charge in [-0.1, -0.05) is 0 Å². The highest BCUT2D eigenvalue weighted by molar-refractivity contribution is 9.10. The third kappa shape index (κ3) is 2.49. The second-order valence-electron chi connectivity index (χ2n) is 3.54. The van der Waals surface area contributed by atoms with Gasteiger partial charge in [0.05, 0.1) is 25.3 Å². The van der Waals surface area contributed by atoms with Gasteiger partial charge in [-0.25, -0.2) is 9.59 Å². The number of esters is 2. The van der Waals surface area contributed by atoms with E-state index in [2.05, 4.69) is 25.4 Å². The molecule has 5 heteroatoms. The molecule has 0 heterocycles. The maximum atomic E-state index is 11.7. The molecular formula is C12H13BrO4. The van der Waals surface area contributed by atoms with E-state index in [-0.39, 0.29) is 11.1 Å². The number of carbonyl (C=O) groups is 2. The number of aryl methyl sites for hydroxylation is 1. The van der Waals surface area contributed by atoms with Gasteiger partial charge in [0.1, 0.15) is 0 Å². The summed E-state index contributed by atoms with van der Waals surface area (Å²) in [6.07, 6.45) is 0. The molecule has 0 radical (unpaired) electrons. The van der Waals surface area contributed by atoms with Gasteiger partial charge in [-0.3, -0.25) is 0 Å². The molecule has 0 N–H and O–H groups in total. The lowest BCUT2D eigenvalue weighted by Crippen LogP contribution is -2.14. The molecule has 1 rings (SSSR count). The predicted molar refractivity (Wildman–Crippen MR) is 66.3 cm³/mol. The van der Waals surface area contributed by atoms with E-state index in [1.54, 1.807) is 6.07 Å². The maximum Gasteiger partial charge on any atom is 0.339 e. The number of carbonyl (C=O) groups excluding carboxylic acids is 2. The summed E-state index contributed by atoms with van der Waals surface area (Å²) in [5, 5.41) is 0. The van der Waals surface area contributed by atoms with Crippen molar-refractivity contribution in [2.24, 2.45) is 0 Å². The maximum absolute atomic E-state index is 11.7. The molecule has 17 heavy (non-hydrogen) atoms. The largest absolute Gasteiger partial charge is 0.465 e. The lowest BCUT2D eigenvalue weighted by atomic mass is 10.00. The van der Waals surface area contributed by atoms with Gasteiger partial charge in [0.2, 0.25) is 0 Å². The first kappa shape index (κ1) is 13.7. The zero-order valence-electron chi connectivity index (χ0n) is 10.1. The SMILES string of the molecule is COC(=O)c1cc(C)c(C)c(Br)c1C(=O)OC. The summed E-state index contributed by atoms with van der Waals surface area (Å²) in [6.45, 7) is 3.71. The highest BCUT2D eigenvalue weighted by Crippen LogP contribution is 2.28. The summed E-state index contributed by atoms with van der Waals surface area (Å²) in [6, 6.07) is 1.62.